The van der Waals surface area contributed by atoms with E-state index >= 15 is 0 Å². The number of alkyl halides is 1. The van der Waals surface area contributed by atoms with Crippen LogP contribution in [0.15, 0.2) is 17.5 Å². The van der Waals surface area contributed by atoms with Crippen molar-refractivity contribution >= 4 is 11.3 Å². The highest BCUT2D eigenvalue weighted by atomic mass is 32.1. The first-order valence-corrected chi connectivity index (χ1v) is 5.52. The first-order valence-electron chi connectivity index (χ1n) is 4.64. The maximum absolute atomic E-state index is 14.3. The molecule has 0 aromatic carbocycles. The highest BCUT2D eigenvalue weighted by Gasteiger charge is 2.37. The quantitative estimate of drug-likeness (QED) is 0.733. The molecule has 0 radical (unpaired) electrons. The van der Waals surface area contributed by atoms with Crippen LogP contribution in [-0.4, -0.2) is 13.1 Å². The Balaban J connectivity index is 2.20. The van der Waals surface area contributed by atoms with Crippen LogP contribution >= 0.6 is 11.3 Å². The summed E-state index contributed by atoms with van der Waals surface area (Å²) in [7, 11) is 0. The third kappa shape index (κ3) is 1.76. The van der Waals surface area contributed by atoms with Crippen LogP contribution in [0.2, 0.25) is 0 Å². The molecule has 0 saturated carbocycles. The van der Waals surface area contributed by atoms with Crippen molar-refractivity contribution in [2.24, 2.45) is 5.92 Å². The number of hydrogen-bond acceptors (Lipinski definition) is 2. The molecular weight excluding hydrogens is 185 g/mol. The van der Waals surface area contributed by atoms with Gasteiger partial charge >= 0.3 is 0 Å². The zero-order chi connectivity index (χ0) is 9.31. The average molecular weight is 199 g/mol. The summed E-state index contributed by atoms with van der Waals surface area (Å²) in [4.78, 5) is 0.867. The van der Waals surface area contributed by atoms with Gasteiger partial charge < -0.3 is 5.32 Å². The van der Waals surface area contributed by atoms with Gasteiger partial charge in [-0.15, -0.1) is 11.3 Å². The summed E-state index contributed by atoms with van der Waals surface area (Å²) in [6, 6.07) is 3.81. The maximum Gasteiger partial charge on any atom is 0.157 e. The van der Waals surface area contributed by atoms with Crippen LogP contribution in [0, 0.1) is 5.92 Å². The van der Waals surface area contributed by atoms with E-state index in [2.05, 4.69) is 12.2 Å². The van der Waals surface area contributed by atoms with E-state index in [1.54, 1.807) is 0 Å². The van der Waals surface area contributed by atoms with E-state index in [0.717, 1.165) is 11.4 Å². The molecule has 0 amide bonds. The third-order valence-electron chi connectivity index (χ3n) is 2.53. The van der Waals surface area contributed by atoms with Crippen molar-refractivity contribution in [2.75, 3.05) is 13.1 Å². The fourth-order valence-corrected chi connectivity index (χ4v) is 2.76. The van der Waals surface area contributed by atoms with Gasteiger partial charge in [0.1, 0.15) is 0 Å². The second-order valence-electron chi connectivity index (χ2n) is 3.88. The lowest BCUT2D eigenvalue weighted by molar-refractivity contribution is 0.0982. The van der Waals surface area contributed by atoms with Gasteiger partial charge in [-0.05, 0) is 30.3 Å². The Morgan fingerprint density at radius 3 is 3.15 bits per heavy atom. The van der Waals surface area contributed by atoms with Crippen LogP contribution in [0.25, 0.3) is 0 Å². The molecule has 1 saturated heterocycles. The van der Waals surface area contributed by atoms with Crippen molar-refractivity contribution in [3.8, 4) is 0 Å². The van der Waals surface area contributed by atoms with Crippen molar-refractivity contribution in [3.63, 3.8) is 0 Å². The molecule has 1 aromatic rings. The zero-order valence-corrected chi connectivity index (χ0v) is 8.53. The maximum atomic E-state index is 14.3. The van der Waals surface area contributed by atoms with Crippen molar-refractivity contribution in [1.82, 2.24) is 5.32 Å². The van der Waals surface area contributed by atoms with Gasteiger partial charge in [-0.3, -0.25) is 0 Å². The smallest absolute Gasteiger partial charge is 0.157 e. The third-order valence-corrected chi connectivity index (χ3v) is 3.58. The minimum absolute atomic E-state index is 0.431. The van der Waals surface area contributed by atoms with Crippen LogP contribution in [0.1, 0.15) is 18.2 Å². The van der Waals surface area contributed by atoms with Gasteiger partial charge in [-0.25, -0.2) is 4.39 Å². The molecule has 0 bridgehead atoms. The standard InChI is InChI=1S/C10H14FNS/c1-8-5-10(11,7-12-6-8)9-3-2-4-13-9/h2-4,8,12H,5-7H2,1H3. The van der Waals surface area contributed by atoms with E-state index in [0.29, 0.717) is 18.9 Å². The molecule has 1 nitrogen and oxygen atoms in total. The Morgan fingerprint density at radius 1 is 1.69 bits per heavy atom. The van der Waals surface area contributed by atoms with E-state index < -0.39 is 5.67 Å². The first-order chi connectivity index (χ1) is 6.21. The fraction of sp³-hybridized carbons (Fsp3) is 0.600. The van der Waals surface area contributed by atoms with Crippen LogP contribution in [0.3, 0.4) is 0 Å². The summed E-state index contributed by atoms with van der Waals surface area (Å²) in [6.07, 6.45) is 0.653. The molecule has 1 N–H and O–H groups in total. The number of thiophene rings is 1. The first kappa shape index (κ1) is 9.16. The largest absolute Gasteiger partial charge is 0.313 e. The average Bonchev–Trinajstić information content (AvgIpc) is 2.55. The monoisotopic (exact) mass is 199 g/mol. The molecule has 0 spiro atoms. The Bertz CT molecular complexity index is 272. The molecular formula is C10H14FNS. The van der Waals surface area contributed by atoms with Crippen molar-refractivity contribution in [2.45, 2.75) is 19.0 Å². The minimum Gasteiger partial charge on any atom is -0.313 e. The summed E-state index contributed by atoms with van der Waals surface area (Å²) in [5.41, 5.74) is -1.12. The molecule has 0 aliphatic carbocycles. The topological polar surface area (TPSA) is 12.0 Å². The van der Waals surface area contributed by atoms with Gasteiger partial charge in [0.05, 0.1) is 0 Å². The lowest BCUT2D eigenvalue weighted by Crippen LogP contribution is -2.43. The highest BCUT2D eigenvalue weighted by Crippen LogP contribution is 2.37. The summed E-state index contributed by atoms with van der Waals surface area (Å²) in [6.45, 7) is 3.50. The molecule has 3 heteroatoms. The van der Waals surface area contributed by atoms with Gasteiger partial charge in [0.25, 0.3) is 0 Å². The molecule has 1 aliphatic heterocycles. The molecule has 1 aliphatic rings. The predicted octanol–water partition coefficient (Wildman–Crippen LogP) is 2.54. The number of halogens is 1. The van der Waals surface area contributed by atoms with Gasteiger partial charge in [-0.1, -0.05) is 13.0 Å². The second kappa shape index (κ2) is 3.39. The molecule has 2 unspecified atom stereocenters. The number of rotatable bonds is 1. The summed E-state index contributed by atoms with van der Waals surface area (Å²) in [5.74, 6) is 0.431. The van der Waals surface area contributed by atoms with Crippen LogP contribution in [-0.2, 0) is 5.67 Å². The van der Waals surface area contributed by atoms with Gasteiger partial charge in [0, 0.05) is 11.4 Å². The Morgan fingerprint density at radius 2 is 2.54 bits per heavy atom. The molecule has 72 valence electrons. The number of hydrogen-bond donors (Lipinski definition) is 1. The van der Waals surface area contributed by atoms with Gasteiger partial charge in [-0.2, -0.15) is 0 Å². The van der Waals surface area contributed by atoms with Crippen molar-refractivity contribution in [1.29, 1.82) is 0 Å². The van der Waals surface area contributed by atoms with E-state index in [1.807, 2.05) is 17.5 Å². The van der Waals surface area contributed by atoms with Crippen molar-refractivity contribution in [3.05, 3.63) is 22.4 Å². The lowest BCUT2D eigenvalue weighted by atomic mass is 9.88. The normalized spacial score (nSPS) is 34.8. The summed E-state index contributed by atoms with van der Waals surface area (Å²) < 4.78 is 14.3. The highest BCUT2D eigenvalue weighted by molar-refractivity contribution is 7.10. The van der Waals surface area contributed by atoms with Crippen molar-refractivity contribution < 1.29 is 4.39 Å². The molecule has 2 heterocycles. The van der Waals surface area contributed by atoms with E-state index in [-0.39, 0.29) is 0 Å². The van der Waals surface area contributed by atoms with Crippen LogP contribution in [0.4, 0.5) is 4.39 Å². The van der Waals surface area contributed by atoms with E-state index in [1.165, 1.54) is 11.3 Å². The van der Waals surface area contributed by atoms with E-state index in [9.17, 15) is 4.39 Å². The SMILES string of the molecule is CC1CNCC(F)(c2cccs2)C1. The Kier molecular flexibility index (Phi) is 2.39. The Hall–Kier alpha value is -0.410. The fourth-order valence-electron chi connectivity index (χ4n) is 1.93. The zero-order valence-electron chi connectivity index (χ0n) is 7.72. The van der Waals surface area contributed by atoms with E-state index in [4.69, 9.17) is 0 Å². The van der Waals surface area contributed by atoms with Crippen LogP contribution in [0.5, 0.6) is 0 Å². The summed E-state index contributed by atoms with van der Waals surface area (Å²) >= 11 is 1.52. The van der Waals surface area contributed by atoms with Gasteiger partial charge in [0.2, 0.25) is 0 Å². The number of piperidine rings is 1. The molecule has 2 rings (SSSR count). The molecule has 2 atom stereocenters. The lowest BCUT2D eigenvalue weighted by Gasteiger charge is -2.33. The molecule has 1 aromatic heterocycles. The second-order valence-corrected chi connectivity index (χ2v) is 4.83. The minimum atomic E-state index is -1.12. The molecule has 13 heavy (non-hydrogen) atoms. The number of nitrogens with one attached hydrogen (secondary N) is 1. The predicted molar refractivity (Wildman–Crippen MR) is 53.8 cm³/mol. The Labute approximate surface area is 82.0 Å². The molecule has 1 fully saturated rings. The summed E-state index contributed by atoms with van der Waals surface area (Å²) in [5, 5.41) is 5.09. The van der Waals surface area contributed by atoms with Gasteiger partial charge in [0.15, 0.2) is 5.67 Å². The van der Waals surface area contributed by atoms with Crippen LogP contribution < -0.4 is 5.32 Å².